The van der Waals surface area contributed by atoms with Crippen molar-refractivity contribution in [3.05, 3.63) is 33.9 Å². The summed E-state index contributed by atoms with van der Waals surface area (Å²) < 4.78 is 10.4. The van der Waals surface area contributed by atoms with E-state index in [-0.39, 0.29) is 42.4 Å². The quantitative estimate of drug-likeness (QED) is 0.610. The summed E-state index contributed by atoms with van der Waals surface area (Å²) in [6, 6.07) is 4.18. The van der Waals surface area contributed by atoms with E-state index in [1.807, 2.05) is 6.92 Å². The summed E-state index contributed by atoms with van der Waals surface area (Å²) in [5.74, 6) is 0.00159. The average Bonchev–Trinajstić information content (AvgIpc) is 2.52. The van der Waals surface area contributed by atoms with Crippen molar-refractivity contribution < 1.29 is 19.2 Å². The normalized spacial score (nSPS) is 20.3. The molecule has 1 saturated heterocycles. The summed E-state index contributed by atoms with van der Waals surface area (Å²) in [5.41, 5.74) is 0.506. The molecule has 2 rings (SSSR count). The first-order valence-corrected chi connectivity index (χ1v) is 6.97. The Balaban J connectivity index is 0.00000264. The molecule has 0 unspecified atom stereocenters. The second-order valence-electron chi connectivity index (χ2n) is 4.99. The fourth-order valence-corrected chi connectivity index (χ4v) is 2.31. The van der Waals surface area contributed by atoms with Crippen LogP contribution < -0.4 is 15.4 Å². The first kappa shape index (κ1) is 19.1. The van der Waals surface area contributed by atoms with Crippen LogP contribution in [0.3, 0.4) is 0 Å². The molecule has 0 saturated carbocycles. The number of ether oxygens (including phenoxy) is 2. The van der Waals surface area contributed by atoms with Gasteiger partial charge in [0.2, 0.25) is 5.91 Å². The van der Waals surface area contributed by atoms with E-state index in [1.165, 1.54) is 19.2 Å². The van der Waals surface area contributed by atoms with Crippen molar-refractivity contribution >= 4 is 24.0 Å². The zero-order chi connectivity index (χ0) is 16.1. The number of methoxy groups -OCH3 is 1. The highest BCUT2D eigenvalue weighted by Crippen LogP contribution is 2.27. The number of halogens is 1. The molecule has 0 spiro atoms. The van der Waals surface area contributed by atoms with E-state index in [2.05, 4.69) is 10.6 Å². The monoisotopic (exact) mass is 345 g/mol. The summed E-state index contributed by atoms with van der Waals surface area (Å²) in [4.78, 5) is 22.6. The predicted molar refractivity (Wildman–Crippen MR) is 85.9 cm³/mol. The fraction of sp³-hybridized carbons (Fsp3) is 0.500. The number of nitrogens with zero attached hydrogens (tertiary/aromatic N) is 1. The van der Waals surface area contributed by atoms with Gasteiger partial charge in [-0.2, -0.15) is 0 Å². The van der Waals surface area contributed by atoms with Crippen molar-refractivity contribution in [2.24, 2.45) is 0 Å². The second-order valence-corrected chi connectivity index (χ2v) is 4.99. The van der Waals surface area contributed by atoms with E-state index in [9.17, 15) is 14.9 Å². The maximum Gasteiger partial charge on any atom is 0.311 e. The molecular weight excluding hydrogens is 326 g/mol. The molecule has 1 fully saturated rings. The van der Waals surface area contributed by atoms with Crippen molar-refractivity contribution in [3.63, 3.8) is 0 Å². The molecule has 0 aliphatic carbocycles. The largest absolute Gasteiger partial charge is 0.490 e. The Hall–Kier alpha value is -1.90. The summed E-state index contributed by atoms with van der Waals surface area (Å²) in [5, 5.41) is 16.8. The van der Waals surface area contributed by atoms with Crippen LogP contribution in [0.15, 0.2) is 18.2 Å². The van der Waals surface area contributed by atoms with Crippen LogP contribution >= 0.6 is 12.4 Å². The number of amides is 1. The number of nitrogens with one attached hydrogen (secondary N) is 2. The van der Waals surface area contributed by atoms with Crippen molar-refractivity contribution in [2.45, 2.75) is 25.6 Å². The summed E-state index contributed by atoms with van der Waals surface area (Å²) in [6.07, 6.45) is -0.209. The number of hydrogen-bond donors (Lipinski definition) is 2. The third-order valence-corrected chi connectivity index (χ3v) is 3.51. The van der Waals surface area contributed by atoms with E-state index in [1.54, 1.807) is 6.07 Å². The Morgan fingerprint density at radius 2 is 2.30 bits per heavy atom. The molecule has 0 radical (unpaired) electrons. The molecule has 0 aromatic heterocycles. The summed E-state index contributed by atoms with van der Waals surface area (Å²) in [7, 11) is 1.37. The maximum atomic E-state index is 12.1. The Labute approximate surface area is 140 Å². The van der Waals surface area contributed by atoms with Gasteiger partial charge in [0.05, 0.1) is 24.7 Å². The van der Waals surface area contributed by atoms with E-state index in [4.69, 9.17) is 9.47 Å². The summed E-state index contributed by atoms with van der Waals surface area (Å²) >= 11 is 0. The molecule has 128 valence electrons. The first-order valence-electron chi connectivity index (χ1n) is 6.97. The molecule has 1 amide bonds. The van der Waals surface area contributed by atoms with Gasteiger partial charge in [-0.3, -0.25) is 14.9 Å². The third kappa shape index (κ3) is 4.78. The lowest BCUT2D eigenvalue weighted by molar-refractivity contribution is -0.385. The highest BCUT2D eigenvalue weighted by molar-refractivity contribution is 5.85. The van der Waals surface area contributed by atoms with Gasteiger partial charge in [-0.25, -0.2) is 0 Å². The molecule has 9 heteroatoms. The minimum absolute atomic E-state index is 0. The van der Waals surface area contributed by atoms with Crippen LogP contribution in [0.5, 0.6) is 5.75 Å². The molecule has 1 aliphatic heterocycles. The van der Waals surface area contributed by atoms with Gasteiger partial charge in [-0.15, -0.1) is 12.4 Å². The number of rotatable bonds is 5. The minimum atomic E-state index is -0.511. The van der Waals surface area contributed by atoms with Crippen molar-refractivity contribution in [1.82, 2.24) is 10.6 Å². The van der Waals surface area contributed by atoms with Gasteiger partial charge in [0.25, 0.3) is 0 Å². The van der Waals surface area contributed by atoms with Crippen molar-refractivity contribution in [1.29, 1.82) is 0 Å². The molecule has 2 atom stereocenters. The van der Waals surface area contributed by atoms with Crippen LogP contribution in [0.25, 0.3) is 0 Å². The predicted octanol–water partition coefficient (Wildman–Crippen LogP) is 1.02. The molecule has 1 aromatic carbocycles. The highest BCUT2D eigenvalue weighted by Gasteiger charge is 2.28. The van der Waals surface area contributed by atoms with E-state index >= 15 is 0 Å². The van der Waals surface area contributed by atoms with Gasteiger partial charge in [-0.1, -0.05) is 6.07 Å². The van der Waals surface area contributed by atoms with Crippen LogP contribution in [-0.2, 0) is 16.1 Å². The van der Waals surface area contributed by atoms with Gasteiger partial charge >= 0.3 is 5.69 Å². The number of nitro groups is 1. The lowest BCUT2D eigenvalue weighted by Gasteiger charge is -2.29. The van der Waals surface area contributed by atoms with E-state index in [0.717, 1.165) is 0 Å². The van der Waals surface area contributed by atoms with Gasteiger partial charge in [0.15, 0.2) is 5.75 Å². The Kier molecular flexibility index (Phi) is 7.21. The topological polar surface area (TPSA) is 103 Å². The fourth-order valence-electron chi connectivity index (χ4n) is 2.31. The van der Waals surface area contributed by atoms with Gasteiger partial charge in [0, 0.05) is 19.2 Å². The number of hydrogen-bond acceptors (Lipinski definition) is 6. The maximum absolute atomic E-state index is 12.1. The van der Waals surface area contributed by atoms with Crippen molar-refractivity contribution in [2.75, 3.05) is 20.3 Å². The second kappa shape index (κ2) is 8.66. The molecule has 8 nitrogen and oxygen atoms in total. The first-order chi connectivity index (χ1) is 10.5. The van der Waals surface area contributed by atoms with Crippen LogP contribution in [0.4, 0.5) is 5.69 Å². The van der Waals surface area contributed by atoms with Crippen LogP contribution in [0.1, 0.15) is 12.5 Å². The van der Waals surface area contributed by atoms with Gasteiger partial charge in [0.1, 0.15) is 6.04 Å². The third-order valence-electron chi connectivity index (χ3n) is 3.51. The molecule has 0 bridgehead atoms. The van der Waals surface area contributed by atoms with Crippen molar-refractivity contribution in [3.8, 4) is 5.75 Å². The molecule has 23 heavy (non-hydrogen) atoms. The molecular formula is C14H20ClN3O5. The average molecular weight is 346 g/mol. The van der Waals surface area contributed by atoms with E-state index < -0.39 is 11.0 Å². The number of nitro benzene ring substituents is 1. The van der Waals surface area contributed by atoms with Gasteiger partial charge in [-0.05, 0) is 18.6 Å². The Morgan fingerprint density at radius 3 is 2.91 bits per heavy atom. The van der Waals surface area contributed by atoms with Crippen LogP contribution in [-0.4, -0.2) is 43.2 Å². The number of carbonyl (C=O) groups excluding carboxylic acids is 1. The SMILES string of the molecule is COc1ccc(CNC(=O)[C@H]2NCCO[C@@H]2C)cc1[N+](=O)[O-].Cl. The Morgan fingerprint density at radius 1 is 1.57 bits per heavy atom. The van der Waals surface area contributed by atoms with Crippen LogP contribution in [0.2, 0.25) is 0 Å². The lowest BCUT2D eigenvalue weighted by Crippen LogP contribution is -2.55. The molecule has 2 N–H and O–H groups in total. The van der Waals surface area contributed by atoms with Crippen LogP contribution in [0, 0.1) is 10.1 Å². The number of benzene rings is 1. The van der Waals surface area contributed by atoms with E-state index in [0.29, 0.717) is 18.7 Å². The molecule has 1 aliphatic rings. The minimum Gasteiger partial charge on any atom is -0.490 e. The number of morpholine rings is 1. The Bertz CT molecular complexity index is 569. The van der Waals surface area contributed by atoms with Gasteiger partial charge < -0.3 is 20.1 Å². The standard InChI is InChI=1S/C14H19N3O5.ClH/c1-9-13(15-5-6-22-9)14(18)16-8-10-3-4-12(21-2)11(7-10)17(19)20;/h3-4,7,9,13,15H,5-6,8H2,1-2H3,(H,16,18);1H/t9-,13+;/m1./s1. The molecule has 1 heterocycles. The molecule has 1 aromatic rings. The highest BCUT2D eigenvalue weighted by atomic mass is 35.5. The smallest absolute Gasteiger partial charge is 0.311 e. The lowest BCUT2D eigenvalue weighted by atomic mass is 10.1. The number of carbonyl (C=O) groups is 1. The summed E-state index contributed by atoms with van der Waals surface area (Å²) in [6.45, 7) is 3.23. The zero-order valence-corrected chi connectivity index (χ0v) is 13.7. The zero-order valence-electron chi connectivity index (χ0n) is 12.9.